The number of unbranched alkanes of at least 4 members (excludes halogenated alkanes) is 1. The molecular weight excluding hydrogens is 850 g/mol. The summed E-state index contributed by atoms with van der Waals surface area (Å²) in [5.41, 5.74) is 5.87. The zero-order valence-electron chi connectivity index (χ0n) is 34.2. The second-order valence-corrected chi connectivity index (χ2v) is 18.1. The number of halogens is 1. The molecule has 0 aromatic heterocycles. The Kier molecular flexibility index (Phi) is 17.1. The maximum atomic E-state index is 13.4. The van der Waals surface area contributed by atoms with Crippen molar-refractivity contribution in [2.45, 2.75) is 54.3 Å². The minimum Gasteiger partial charge on any atom is -0.377 e. The van der Waals surface area contributed by atoms with Gasteiger partial charge >= 0.3 is 0 Å². The van der Waals surface area contributed by atoms with E-state index in [4.69, 9.17) is 16.8 Å². The molecule has 5 aromatic rings. The highest BCUT2D eigenvalue weighted by Crippen LogP contribution is 2.32. The fourth-order valence-electron chi connectivity index (χ4n) is 7.19. The molecule has 328 valence electrons. The first kappa shape index (κ1) is 46.5. The van der Waals surface area contributed by atoms with E-state index in [1.165, 1.54) is 12.1 Å². The number of nitrogens with zero attached hydrogens (tertiary/aromatic N) is 3. The number of anilines is 2. The number of piperazine rings is 1. The number of carbonyl (C=O) groups excluding carboxylic acids is 1. The van der Waals surface area contributed by atoms with E-state index in [-0.39, 0.29) is 17.3 Å². The van der Waals surface area contributed by atoms with Crippen LogP contribution in [0, 0.1) is 10.1 Å². The largest absolute Gasteiger partial charge is 0.377 e. The summed E-state index contributed by atoms with van der Waals surface area (Å²) in [5.74, 6) is -0.283. The van der Waals surface area contributed by atoms with Crippen LogP contribution in [0.2, 0.25) is 5.02 Å². The Balaban J connectivity index is 1.04. The molecule has 0 radical (unpaired) electrons. The fraction of sp³-hybridized carbons (Fsp3) is 0.311. The summed E-state index contributed by atoms with van der Waals surface area (Å²) < 4.78 is 29.0. The molecule has 1 aliphatic rings. The molecule has 2 atom stereocenters. The van der Waals surface area contributed by atoms with Gasteiger partial charge in [-0.3, -0.25) is 19.8 Å². The maximum absolute atomic E-state index is 13.4. The Bertz CT molecular complexity index is 2340. The zero-order chi connectivity index (χ0) is 43.9. The van der Waals surface area contributed by atoms with Gasteiger partial charge in [0.05, 0.1) is 9.82 Å². The summed E-state index contributed by atoms with van der Waals surface area (Å²) in [6.07, 6.45) is 1.52. The molecule has 5 aromatic carbocycles. The highest BCUT2D eigenvalue weighted by Gasteiger charge is 2.26. The van der Waals surface area contributed by atoms with Gasteiger partial charge in [0.2, 0.25) is 0 Å². The van der Waals surface area contributed by atoms with Crippen molar-refractivity contribution in [3.63, 3.8) is 0 Å². The third-order valence-corrected chi connectivity index (χ3v) is 13.5. The van der Waals surface area contributed by atoms with E-state index in [9.17, 15) is 28.4 Å². The Morgan fingerprint density at radius 2 is 1.56 bits per heavy atom. The first-order chi connectivity index (χ1) is 30.0. The first-order valence-electron chi connectivity index (χ1n) is 20.5. The van der Waals surface area contributed by atoms with Crippen molar-refractivity contribution < 1.29 is 28.4 Å². The Labute approximate surface area is 371 Å². The van der Waals surface area contributed by atoms with Crippen LogP contribution in [0.3, 0.4) is 0 Å². The molecule has 62 heavy (non-hydrogen) atoms. The van der Waals surface area contributed by atoms with Gasteiger partial charge in [0, 0.05) is 71.8 Å². The smallest absolute Gasteiger partial charge is 0.293 e. The van der Waals surface area contributed by atoms with E-state index in [0.29, 0.717) is 44.6 Å². The van der Waals surface area contributed by atoms with Crippen molar-refractivity contribution in [3.8, 4) is 11.1 Å². The molecule has 1 fully saturated rings. The molecule has 0 aliphatic carbocycles. The summed E-state index contributed by atoms with van der Waals surface area (Å²) in [7, 11) is -4.48. The van der Waals surface area contributed by atoms with Gasteiger partial charge in [0.25, 0.3) is 21.6 Å². The van der Waals surface area contributed by atoms with Crippen molar-refractivity contribution >= 4 is 56.4 Å². The van der Waals surface area contributed by atoms with Crippen LogP contribution < -0.4 is 25.7 Å². The summed E-state index contributed by atoms with van der Waals surface area (Å²) >= 11 is 8.28. The summed E-state index contributed by atoms with van der Waals surface area (Å²) in [5, 5.41) is 37.8. The molecule has 6 rings (SSSR count). The lowest BCUT2D eigenvalue weighted by Crippen LogP contribution is -2.46. The molecule has 1 aliphatic heterocycles. The van der Waals surface area contributed by atoms with Crippen LogP contribution in [0.4, 0.5) is 17.1 Å². The molecule has 6 N–H and O–H groups in total. The maximum Gasteiger partial charge on any atom is 0.293 e. The van der Waals surface area contributed by atoms with Crippen LogP contribution in [-0.4, -0.2) is 91.8 Å². The second-order valence-electron chi connectivity index (χ2n) is 15.0. The van der Waals surface area contributed by atoms with E-state index < -0.39 is 37.7 Å². The third-order valence-electron chi connectivity index (χ3n) is 10.6. The number of aliphatic hydroxyl groups excluding tert-OH is 1. The number of thioether (sulfide) groups is 1. The highest BCUT2D eigenvalue weighted by molar-refractivity contribution is 7.99. The predicted molar refractivity (Wildman–Crippen MR) is 245 cm³/mol. The van der Waals surface area contributed by atoms with Gasteiger partial charge < -0.3 is 25.8 Å². The van der Waals surface area contributed by atoms with Gasteiger partial charge in [-0.1, -0.05) is 72.3 Å². The SMILES string of the molecule is O=C(NS(=O)(=O)c1ccc(N[C@H](CCNCCCC[C@@H](O)NO)CSc2ccccc2)c([N+](=O)[O-])c1)c1ccc(N2CCN(Cc3c(Cl)cccc3-c3ccccc3)CC2)cc1. The Hall–Kier alpha value is -5.04. The number of aliphatic hydroxyl groups is 1. The zero-order valence-corrected chi connectivity index (χ0v) is 36.5. The van der Waals surface area contributed by atoms with E-state index in [1.54, 1.807) is 36.0 Å². The van der Waals surface area contributed by atoms with E-state index in [1.807, 2.05) is 66.1 Å². The van der Waals surface area contributed by atoms with Gasteiger partial charge in [0.1, 0.15) is 11.9 Å². The monoisotopic (exact) mass is 901 g/mol. The van der Waals surface area contributed by atoms with Crippen molar-refractivity contribution in [1.82, 2.24) is 20.4 Å². The number of nitro benzene ring substituents is 1. The Morgan fingerprint density at radius 3 is 2.26 bits per heavy atom. The topological polar surface area (TPSA) is 189 Å². The molecule has 0 spiro atoms. The van der Waals surface area contributed by atoms with Crippen molar-refractivity contribution in [3.05, 3.63) is 148 Å². The van der Waals surface area contributed by atoms with Gasteiger partial charge in [-0.15, -0.1) is 11.8 Å². The van der Waals surface area contributed by atoms with Crippen molar-refractivity contribution in [2.75, 3.05) is 55.2 Å². The van der Waals surface area contributed by atoms with Crippen LogP contribution in [0.15, 0.2) is 131 Å². The molecule has 0 saturated carbocycles. The minimum atomic E-state index is -4.48. The standard InChI is InChI=1S/C45H52ClN7O7S2/c46-41-15-9-14-39(33-10-3-1-4-11-33)40(41)31-51-26-28-52(29-27-51)36-19-17-34(18-20-36)45(55)50-62(59,60)38-21-22-42(43(30-38)53(57)58)48-35(32-61-37-12-5-2-6-13-37)23-25-47-24-8-7-16-44(54)49-56/h1-6,9-15,17-22,30,35,44,47-49,54,56H,7-8,16,23-29,31-32H2,(H,50,55)/t35-,44-/m1/s1. The van der Waals surface area contributed by atoms with Gasteiger partial charge in [-0.2, -0.15) is 5.48 Å². The summed E-state index contributed by atoms with van der Waals surface area (Å²) in [6, 6.07) is 36.0. The quantitative estimate of drug-likeness (QED) is 0.0133. The molecule has 14 nitrogen and oxygen atoms in total. The average molecular weight is 903 g/mol. The molecule has 1 amide bonds. The number of amides is 1. The van der Waals surface area contributed by atoms with Crippen LogP contribution in [-0.2, 0) is 16.6 Å². The first-order valence-corrected chi connectivity index (χ1v) is 23.3. The molecule has 1 heterocycles. The highest BCUT2D eigenvalue weighted by atomic mass is 35.5. The van der Waals surface area contributed by atoms with Crippen LogP contribution in [0.25, 0.3) is 11.1 Å². The molecule has 0 unspecified atom stereocenters. The number of hydroxylamine groups is 1. The number of hydrogen-bond donors (Lipinski definition) is 6. The van der Waals surface area contributed by atoms with E-state index in [0.717, 1.165) is 71.0 Å². The van der Waals surface area contributed by atoms with Crippen molar-refractivity contribution in [2.24, 2.45) is 0 Å². The van der Waals surface area contributed by atoms with Crippen LogP contribution in [0.1, 0.15) is 41.6 Å². The second kappa shape index (κ2) is 22.9. The summed E-state index contributed by atoms with van der Waals surface area (Å²) in [4.78, 5) is 30.1. The number of benzene rings is 5. The summed E-state index contributed by atoms with van der Waals surface area (Å²) in [6.45, 7) is 5.07. The van der Waals surface area contributed by atoms with Crippen molar-refractivity contribution in [1.29, 1.82) is 0 Å². The predicted octanol–water partition coefficient (Wildman–Crippen LogP) is 7.38. The van der Waals surface area contributed by atoms with Gasteiger partial charge in [0.15, 0.2) is 0 Å². The molecular formula is C45H52ClN7O7S2. The number of hydrogen-bond acceptors (Lipinski definition) is 13. The van der Waals surface area contributed by atoms with Crippen LogP contribution in [0.5, 0.6) is 0 Å². The number of sulfonamides is 1. The van der Waals surface area contributed by atoms with E-state index >= 15 is 0 Å². The van der Waals surface area contributed by atoms with Gasteiger partial charge in [-0.05, 0) is 110 Å². The van der Waals surface area contributed by atoms with Crippen LogP contribution >= 0.6 is 23.4 Å². The number of nitro groups is 1. The lowest BCUT2D eigenvalue weighted by Gasteiger charge is -2.36. The fourth-order valence-corrected chi connectivity index (χ4v) is 9.42. The Morgan fingerprint density at radius 1 is 0.855 bits per heavy atom. The molecule has 17 heteroatoms. The number of nitrogens with one attached hydrogen (secondary N) is 4. The normalized spacial score (nSPS) is 14.3. The minimum absolute atomic E-state index is 0.128. The lowest BCUT2D eigenvalue weighted by molar-refractivity contribution is -0.384. The lowest BCUT2D eigenvalue weighted by atomic mass is 9.99. The number of rotatable bonds is 22. The number of carbonyl (C=O) groups is 1. The molecule has 0 bridgehead atoms. The molecule has 1 saturated heterocycles. The van der Waals surface area contributed by atoms with E-state index in [2.05, 4.69) is 43.4 Å². The average Bonchev–Trinajstić information content (AvgIpc) is 3.29. The third kappa shape index (κ3) is 13.2. The van der Waals surface area contributed by atoms with Gasteiger partial charge in [-0.25, -0.2) is 13.1 Å².